The van der Waals surface area contributed by atoms with Crippen LogP contribution in [0.4, 0.5) is 27.6 Å². The maximum absolute atomic E-state index is 16.1. The third-order valence-electron chi connectivity index (χ3n) is 6.94. The topological polar surface area (TPSA) is 188 Å². The van der Waals surface area contributed by atoms with Crippen LogP contribution in [0.15, 0.2) is 72.8 Å². The van der Waals surface area contributed by atoms with Crippen molar-refractivity contribution in [2.45, 2.75) is 52.5 Å². The number of carbonyl (C=O) groups excluding carboxylic acids is 1. The average Bonchev–Trinajstić information content (AvgIpc) is 3.07. The molecule has 12 nitrogen and oxygen atoms in total. The van der Waals surface area contributed by atoms with E-state index in [4.69, 9.17) is 30.5 Å². The van der Waals surface area contributed by atoms with Crippen molar-refractivity contribution in [3.63, 3.8) is 0 Å². The van der Waals surface area contributed by atoms with E-state index in [1.807, 2.05) is 30.3 Å². The van der Waals surface area contributed by atoms with Gasteiger partial charge in [-0.25, -0.2) is 9.59 Å². The largest absolute Gasteiger partial charge is 0.490 e. The predicted octanol–water partition coefficient (Wildman–Crippen LogP) is 7.11. The molecule has 0 aliphatic carbocycles. The first-order valence-electron chi connectivity index (χ1n) is 15.3. The fourth-order valence-electron chi connectivity index (χ4n) is 4.71. The summed E-state index contributed by atoms with van der Waals surface area (Å²) in [5.41, 5.74) is 5.81. The molecule has 0 fully saturated rings. The van der Waals surface area contributed by atoms with Crippen LogP contribution in [0.2, 0.25) is 0 Å². The van der Waals surface area contributed by atoms with Gasteiger partial charge in [-0.05, 0) is 63.6 Å². The fourth-order valence-corrected chi connectivity index (χ4v) is 4.71. The molecule has 3 aromatic carbocycles. The van der Waals surface area contributed by atoms with Crippen molar-refractivity contribution in [1.82, 2.24) is 10.3 Å². The molecule has 1 amide bonds. The number of anilines is 1. The summed E-state index contributed by atoms with van der Waals surface area (Å²) >= 11 is 0. The van der Waals surface area contributed by atoms with Gasteiger partial charge in [-0.1, -0.05) is 42.5 Å². The normalized spacial score (nSPS) is 11.0. The number of nitrogens with two attached hydrogens (primary N) is 1. The van der Waals surface area contributed by atoms with Crippen molar-refractivity contribution >= 4 is 29.4 Å². The van der Waals surface area contributed by atoms with Gasteiger partial charge in [-0.15, -0.1) is 0 Å². The van der Waals surface area contributed by atoms with E-state index in [1.54, 1.807) is 33.8 Å². The highest BCUT2D eigenvalue weighted by Gasteiger charge is 2.38. The van der Waals surface area contributed by atoms with Crippen LogP contribution in [0, 0.1) is 17.0 Å². The molecule has 0 radical (unpaired) electrons. The number of amidine groups is 1. The second-order valence-corrected chi connectivity index (χ2v) is 11.4. The molecular formula is C35H34F5N5O7. The standard InChI is InChI=1S/C33H33F2N5O5.C2HF3O2/c1-18(2)40(19(3)4)28-26(34)31(44-23-12-8-11-21(15-23)29(36)37)39-32(27(28)35)45-25-14-13-22(16-24(25)33(42)43)30(41)38-17-20-9-6-5-7-10-20;3-2(4,5)1(6)7/h5-16,18-19H,17H2,1-4H3,(H3,36,37)(H,38,41)(H,42,43);(H,6,7). The highest BCUT2D eigenvalue weighted by Crippen LogP contribution is 2.40. The smallest absolute Gasteiger partial charge is 0.478 e. The molecule has 0 aliphatic rings. The van der Waals surface area contributed by atoms with Crippen molar-refractivity contribution < 1.29 is 56.0 Å². The number of pyridine rings is 1. The number of aromatic nitrogens is 1. The van der Waals surface area contributed by atoms with E-state index >= 15 is 8.78 Å². The summed E-state index contributed by atoms with van der Waals surface area (Å²) in [6.07, 6.45) is -5.08. The number of amides is 1. The number of carbonyl (C=O) groups is 3. The van der Waals surface area contributed by atoms with Crippen LogP contribution >= 0.6 is 0 Å². The molecule has 6 N–H and O–H groups in total. The summed E-state index contributed by atoms with van der Waals surface area (Å²) in [7, 11) is 0. The maximum atomic E-state index is 16.1. The molecule has 17 heteroatoms. The van der Waals surface area contributed by atoms with Crippen LogP contribution in [-0.4, -0.2) is 57.1 Å². The van der Waals surface area contributed by atoms with Crippen molar-refractivity contribution in [3.05, 3.63) is 107 Å². The number of rotatable bonds is 12. The SMILES string of the molecule is CC(C)N(c1c(F)c(Oc2cccc(C(=N)N)c2)nc(Oc2ccc(C(=O)NCc3ccccc3)cc2C(=O)O)c1F)C(C)C.O=C(O)C(F)(F)F. The Morgan fingerprint density at radius 3 is 1.96 bits per heavy atom. The van der Waals surface area contributed by atoms with Crippen molar-refractivity contribution in [1.29, 1.82) is 5.41 Å². The minimum atomic E-state index is -5.08. The molecule has 0 saturated carbocycles. The van der Waals surface area contributed by atoms with Crippen LogP contribution < -0.4 is 25.4 Å². The summed E-state index contributed by atoms with van der Waals surface area (Å²) in [5.74, 6) is -8.95. The van der Waals surface area contributed by atoms with Gasteiger partial charge in [-0.3, -0.25) is 10.2 Å². The summed E-state index contributed by atoms with van der Waals surface area (Å²) < 4.78 is 75.2. The number of carboxylic acids is 2. The zero-order chi connectivity index (χ0) is 38.9. The van der Waals surface area contributed by atoms with Crippen LogP contribution in [0.25, 0.3) is 0 Å². The summed E-state index contributed by atoms with van der Waals surface area (Å²) in [4.78, 5) is 39.3. The first-order chi connectivity index (χ1) is 24.3. The maximum Gasteiger partial charge on any atom is 0.490 e. The first-order valence-corrected chi connectivity index (χ1v) is 15.3. The Labute approximate surface area is 294 Å². The molecule has 0 unspecified atom stereocenters. The molecular weight excluding hydrogens is 697 g/mol. The number of carboxylic acid groups (broad SMARTS) is 2. The fraction of sp³-hybridized carbons (Fsp3) is 0.229. The molecule has 0 bridgehead atoms. The molecule has 1 heterocycles. The lowest BCUT2D eigenvalue weighted by Gasteiger charge is -2.33. The van der Waals surface area contributed by atoms with Gasteiger partial charge in [0.15, 0.2) is 0 Å². The highest BCUT2D eigenvalue weighted by atomic mass is 19.4. The van der Waals surface area contributed by atoms with Crippen LogP contribution in [0.1, 0.15) is 59.5 Å². The van der Waals surface area contributed by atoms with Crippen LogP contribution in [0.3, 0.4) is 0 Å². The number of nitrogens with zero attached hydrogens (tertiary/aromatic N) is 2. The number of alkyl halides is 3. The number of aliphatic carboxylic acids is 1. The van der Waals surface area contributed by atoms with E-state index in [-0.39, 0.29) is 41.5 Å². The van der Waals surface area contributed by atoms with E-state index in [0.717, 1.165) is 11.6 Å². The minimum absolute atomic E-state index is 0.0315. The third kappa shape index (κ3) is 10.4. The molecule has 0 saturated heterocycles. The second-order valence-electron chi connectivity index (χ2n) is 11.4. The average molecular weight is 732 g/mol. The van der Waals surface area contributed by atoms with E-state index < -0.39 is 58.7 Å². The lowest BCUT2D eigenvalue weighted by atomic mass is 10.1. The van der Waals surface area contributed by atoms with Gasteiger partial charge < -0.3 is 35.6 Å². The van der Waals surface area contributed by atoms with Gasteiger partial charge >= 0.3 is 18.1 Å². The zero-order valence-electron chi connectivity index (χ0n) is 28.1. The monoisotopic (exact) mass is 731 g/mol. The van der Waals surface area contributed by atoms with E-state index in [9.17, 15) is 27.9 Å². The van der Waals surface area contributed by atoms with Crippen molar-refractivity contribution in [3.8, 4) is 23.3 Å². The number of nitrogen functional groups attached to an aromatic ring is 1. The minimum Gasteiger partial charge on any atom is -0.478 e. The summed E-state index contributed by atoms with van der Waals surface area (Å²) in [5, 5.41) is 27.4. The predicted molar refractivity (Wildman–Crippen MR) is 179 cm³/mol. The van der Waals surface area contributed by atoms with Crippen molar-refractivity contribution in [2.24, 2.45) is 5.73 Å². The van der Waals surface area contributed by atoms with Gasteiger partial charge in [0.2, 0.25) is 11.6 Å². The number of ether oxygens (including phenoxy) is 2. The lowest BCUT2D eigenvalue weighted by Crippen LogP contribution is -2.38. The molecule has 1 aromatic heterocycles. The van der Waals surface area contributed by atoms with Crippen LogP contribution in [0.5, 0.6) is 23.3 Å². The molecule has 0 atom stereocenters. The Kier molecular flexibility index (Phi) is 13.2. The Morgan fingerprint density at radius 2 is 1.44 bits per heavy atom. The van der Waals surface area contributed by atoms with Gasteiger partial charge in [0.05, 0.1) is 0 Å². The Hall–Kier alpha value is -6.26. The first kappa shape index (κ1) is 40.2. The molecule has 4 rings (SSSR count). The number of hydrogen-bond acceptors (Lipinski definition) is 8. The van der Waals surface area contributed by atoms with Crippen molar-refractivity contribution in [2.75, 3.05) is 4.90 Å². The van der Waals surface area contributed by atoms with Crippen LogP contribution in [-0.2, 0) is 11.3 Å². The van der Waals surface area contributed by atoms with E-state index in [0.29, 0.717) is 5.56 Å². The van der Waals surface area contributed by atoms with E-state index in [2.05, 4.69) is 10.3 Å². The number of benzene rings is 3. The highest BCUT2D eigenvalue weighted by molar-refractivity contribution is 5.99. The molecule has 0 spiro atoms. The number of aromatic carboxylic acids is 1. The molecule has 4 aromatic rings. The summed E-state index contributed by atoms with van der Waals surface area (Å²) in [6.45, 7) is 7.22. The van der Waals surface area contributed by atoms with Gasteiger partial charge in [0, 0.05) is 29.8 Å². The Balaban J connectivity index is 0.000000944. The Bertz CT molecular complexity index is 1930. The molecule has 0 aliphatic heterocycles. The Morgan fingerprint density at radius 1 is 0.865 bits per heavy atom. The summed E-state index contributed by atoms with van der Waals surface area (Å²) in [6, 6.07) is 18.0. The van der Waals surface area contributed by atoms with E-state index in [1.165, 1.54) is 35.2 Å². The second kappa shape index (κ2) is 17.1. The molecule has 52 heavy (non-hydrogen) atoms. The number of hydrogen-bond donors (Lipinski definition) is 5. The molecule has 276 valence electrons. The lowest BCUT2D eigenvalue weighted by molar-refractivity contribution is -0.192. The number of halogens is 5. The zero-order valence-corrected chi connectivity index (χ0v) is 28.1. The van der Waals surface area contributed by atoms with Gasteiger partial charge in [0.25, 0.3) is 17.7 Å². The van der Waals surface area contributed by atoms with Gasteiger partial charge in [0.1, 0.15) is 28.6 Å². The quantitative estimate of drug-likeness (QED) is 0.0571. The van der Waals surface area contributed by atoms with Gasteiger partial charge in [-0.2, -0.15) is 26.9 Å². The third-order valence-corrected chi connectivity index (χ3v) is 6.94. The number of nitrogens with one attached hydrogen (secondary N) is 2.